The summed E-state index contributed by atoms with van der Waals surface area (Å²) in [4.78, 5) is 26.0. The van der Waals surface area contributed by atoms with Crippen molar-refractivity contribution in [3.63, 3.8) is 0 Å². The Kier molecular flexibility index (Phi) is 4.66. The fourth-order valence-electron chi connectivity index (χ4n) is 1.07. The minimum atomic E-state index is -0.641. The SMILES string of the molecule is NC(=O)CNC(=O)c1ncccc1C#CCO. The van der Waals surface area contributed by atoms with Crippen molar-refractivity contribution in [3.8, 4) is 11.8 Å². The van der Waals surface area contributed by atoms with Crippen LogP contribution >= 0.6 is 0 Å². The number of primary amides is 1. The molecule has 0 fully saturated rings. The van der Waals surface area contributed by atoms with Gasteiger partial charge in [0.1, 0.15) is 12.3 Å². The van der Waals surface area contributed by atoms with Crippen molar-refractivity contribution in [1.29, 1.82) is 0 Å². The molecule has 0 aromatic carbocycles. The molecule has 1 heterocycles. The van der Waals surface area contributed by atoms with E-state index in [1.165, 1.54) is 6.20 Å². The van der Waals surface area contributed by atoms with Crippen molar-refractivity contribution in [2.45, 2.75) is 0 Å². The number of carbonyl (C=O) groups is 2. The van der Waals surface area contributed by atoms with Gasteiger partial charge < -0.3 is 16.2 Å². The maximum atomic E-state index is 11.6. The number of rotatable bonds is 3. The lowest BCUT2D eigenvalue weighted by molar-refractivity contribution is -0.117. The fourth-order valence-corrected chi connectivity index (χ4v) is 1.07. The van der Waals surface area contributed by atoms with Crippen LogP contribution in [-0.2, 0) is 4.79 Å². The van der Waals surface area contributed by atoms with Crippen molar-refractivity contribution < 1.29 is 14.7 Å². The highest BCUT2D eigenvalue weighted by atomic mass is 16.2. The Morgan fingerprint density at radius 1 is 1.53 bits per heavy atom. The number of nitrogens with zero attached hydrogens (tertiary/aromatic N) is 1. The van der Waals surface area contributed by atoms with E-state index in [9.17, 15) is 9.59 Å². The molecule has 0 saturated carbocycles. The van der Waals surface area contributed by atoms with Crippen LogP contribution in [0.1, 0.15) is 16.1 Å². The lowest BCUT2D eigenvalue weighted by Crippen LogP contribution is -2.34. The zero-order valence-electron chi connectivity index (χ0n) is 8.93. The van der Waals surface area contributed by atoms with E-state index in [0.717, 1.165) is 0 Å². The molecule has 6 heteroatoms. The monoisotopic (exact) mass is 233 g/mol. The van der Waals surface area contributed by atoms with Crippen LogP contribution in [-0.4, -0.2) is 35.1 Å². The van der Waals surface area contributed by atoms with E-state index in [1.54, 1.807) is 12.1 Å². The highest BCUT2D eigenvalue weighted by Gasteiger charge is 2.11. The average Bonchev–Trinajstić information content (AvgIpc) is 2.33. The van der Waals surface area contributed by atoms with Crippen LogP contribution in [0.15, 0.2) is 18.3 Å². The van der Waals surface area contributed by atoms with Gasteiger partial charge in [0.25, 0.3) is 5.91 Å². The first kappa shape index (κ1) is 12.7. The molecule has 88 valence electrons. The highest BCUT2D eigenvalue weighted by Crippen LogP contribution is 2.03. The van der Waals surface area contributed by atoms with Crippen molar-refractivity contribution in [2.24, 2.45) is 5.73 Å². The third-order valence-electron chi connectivity index (χ3n) is 1.75. The van der Waals surface area contributed by atoms with Gasteiger partial charge in [0.15, 0.2) is 0 Å². The van der Waals surface area contributed by atoms with Crippen molar-refractivity contribution in [1.82, 2.24) is 10.3 Å². The minimum Gasteiger partial charge on any atom is -0.384 e. The molecule has 1 aromatic heterocycles. The van der Waals surface area contributed by atoms with Crippen molar-refractivity contribution in [3.05, 3.63) is 29.6 Å². The van der Waals surface area contributed by atoms with Crippen LogP contribution in [0.2, 0.25) is 0 Å². The van der Waals surface area contributed by atoms with E-state index in [4.69, 9.17) is 10.8 Å². The summed E-state index contributed by atoms with van der Waals surface area (Å²) in [6.07, 6.45) is 1.43. The summed E-state index contributed by atoms with van der Waals surface area (Å²) in [5.41, 5.74) is 5.37. The van der Waals surface area contributed by atoms with Gasteiger partial charge in [-0.1, -0.05) is 11.8 Å². The Balaban J connectivity index is 2.89. The van der Waals surface area contributed by atoms with Gasteiger partial charge >= 0.3 is 0 Å². The molecule has 0 unspecified atom stereocenters. The van der Waals surface area contributed by atoms with Crippen LogP contribution in [0.4, 0.5) is 0 Å². The van der Waals surface area contributed by atoms with Gasteiger partial charge in [-0.15, -0.1) is 0 Å². The predicted molar refractivity (Wildman–Crippen MR) is 59.7 cm³/mol. The van der Waals surface area contributed by atoms with Crippen LogP contribution in [0.25, 0.3) is 0 Å². The third-order valence-corrected chi connectivity index (χ3v) is 1.75. The smallest absolute Gasteiger partial charge is 0.271 e. The van der Waals surface area contributed by atoms with Gasteiger partial charge in [0.05, 0.1) is 12.1 Å². The van der Waals surface area contributed by atoms with Crippen LogP contribution < -0.4 is 11.1 Å². The maximum absolute atomic E-state index is 11.6. The first-order chi connectivity index (χ1) is 8.15. The second-order valence-corrected chi connectivity index (χ2v) is 3.01. The van der Waals surface area contributed by atoms with E-state index in [-0.39, 0.29) is 18.8 Å². The van der Waals surface area contributed by atoms with Crippen LogP contribution in [0, 0.1) is 11.8 Å². The number of hydrogen-bond acceptors (Lipinski definition) is 4. The Morgan fingerprint density at radius 3 is 2.94 bits per heavy atom. The molecule has 17 heavy (non-hydrogen) atoms. The average molecular weight is 233 g/mol. The number of aliphatic hydroxyl groups is 1. The summed E-state index contributed by atoms with van der Waals surface area (Å²) >= 11 is 0. The van der Waals surface area contributed by atoms with Crippen LogP contribution in [0.3, 0.4) is 0 Å². The predicted octanol–water partition coefficient (Wildman–Crippen LogP) is -1.36. The molecule has 0 aliphatic rings. The number of aromatic nitrogens is 1. The van der Waals surface area contributed by atoms with E-state index in [2.05, 4.69) is 22.1 Å². The normalized spacial score (nSPS) is 9.00. The minimum absolute atomic E-state index is 0.0923. The third kappa shape index (κ3) is 3.93. The molecule has 1 aromatic rings. The molecule has 0 radical (unpaired) electrons. The molecule has 6 nitrogen and oxygen atoms in total. The number of nitrogens with one attached hydrogen (secondary N) is 1. The second-order valence-electron chi connectivity index (χ2n) is 3.01. The molecular formula is C11H11N3O3. The quantitative estimate of drug-likeness (QED) is 0.561. The first-order valence-corrected chi connectivity index (χ1v) is 4.76. The van der Waals surface area contributed by atoms with Crippen molar-refractivity contribution in [2.75, 3.05) is 13.2 Å². The highest BCUT2D eigenvalue weighted by molar-refractivity contribution is 5.96. The molecule has 1 rings (SSSR count). The summed E-state index contributed by atoms with van der Waals surface area (Å²) in [7, 11) is 0. The first-order valence-electron chi connectivity index (χ1n) is 4.76. The molecule has 0 atom stereocenters. The van der Waals surface area contributed by atoms with Crippen molar-refractivity contribution >= 4 is 11.8 Å². The van der Waals surface area contributed by atoms with Gasteiger partial charge in [0.2, 0.25) is 5.91 Å². The van der Waals surface area contributed by atoms with Crippen LogP contribution in [0.5, 0.6) is 0 Å². The second kappa shape index (κ2) is 6.25. The number of carbonyl (C=O) groups excluding carboxylic acids is 2. The van der Waals surface area contributed by atoms with E-state index in [0.29, 0.717) is 5.56 Å². The summed E-state index contributed by atoms with van der Waals surface area (Å²) in [6.45, 7) is -0.570. The summed E-state index contributed by atoms with van der Waals surface area (Å²) in [5, 5.41) is 10.9. The zero-order chi connectivity index (χ0) is 12.7. The Hall–Kier alpha value is -2.39. The number of nitrogens with two attached hydrogens (primary N) is 1. The van der Waals surface area contributed by atoms with Gasteiger partial charge in [-0.05, 0) is 12.1 Å². The molecule has 2 amide bonds. The topological polar surface area (TPSA) is 105 Å². The maximum Gasteiger partial charge on any atom is 0.271 e. The summed E-state index contributed by atoms with van der Waals surface area (Å²) < 4.78 is 0. The fraction of sp³-hybridized carbons (Fsp3) is 0.182. The number of hydrogen-bond donors (Lipinski definition) is 3. The number of pyridine rings is 1. The molecule has 0 spiro atoms. The summed E-state index contributed by atoms with van der Waals surface area (Å²) in [6, 6.07) is 3.21. The molecular weight excluding hydrogens is 222 g/mol. The number of amides is 2. The van der Waals surface area contributed by atoms with E-state index in [1.807, 2.05) is 0 Å². The van der Waals surface area contributed by atoms with Gasteiger partial charge in [-0.3, -0.25) is 9.59 Å². The summed E-state index contributed by atoms with van der Waals surface area (Å²) in [5.74, 6) is 3.83. The Bertz CT molecular complexity index is 488. The standard InChI is InChI=1S/C11H11N3O3/c12-9(16)7-14-11(17)10-8(4-2-6-15)3-1-5-13-10/h1,3,5,15H,6-7H2,(H2,12,16)(H,14,17). The Morgan fingerprint density at radius 2 is 2.29 bits per heavy atom. The Labute approximate surface area is 97.8 Å². The molecule has 0 aliphatic carbocycles. The van der Waals surface area contributed by atoms with E-state index < -0.39 is 11.8 Å². The van der Waals surface area contributed by atoms with Gasteiger partial charge in [0, 0.05) is 6.20 Å². The molecule has 4 N–H and O–H groups in total. The lowest BCUT2D eigenvalue weighted by Gasteiger charge is -2.03. The molecule has 0 saturated heterocycles. The number of aliphatic hydroxyl groups excluding tert-OH is 1. The van der Waals surface area contributed by atoms with Gasteiger partial charge in [-0.25, -0.2) is 4.98 Å². The zero-order valence-corrected chi connectivity index (χ0v) is 8.93. The molecule has 0 bridgehead atoms. The largest absolute Gasteiger partial charge is 0.384 e. The lowest BCUT2D eigenvalue weighted by atomic mass is 10.2. The van der Waals surface area contributed by atoms with E-state index >= 15 is 0 Å². The van der Waals surface area contributed by atoms with Gasteiger partial charge in [-0.2, -0.15) is 0 Å². The molecule has 0 aliphatic heterocycles.